The van der Waals surface area contributed by atoms with E-state index in [1.54, 1.807) is 0 Å². The molecule has 8 heteroatoms. The molecular weight excluding hydrogens is 355 g/mol. The van der Waals surface area contributed by atoms with Gasteiger partial charge >= 0.3 is 6.18 Å². The van der Waals surface area contributed by atoms with Gasteiger partial charge in [0, 0.05) is 18.9 Å². The maximum absolute atomic E-state index is 12.8. The van der Waals surface area contributed by atoms with Crippen molar-refractivity contribution in [1.29, 1.82) is 0 Å². The molecule has 1 amide bonds. The molecule has 2 heterocycles. The van der Waals surface area contributed by atoms with Gasteiger partial charge in [-0.3, -0.25) is 4.79 Å². The van der Waals surface area contributed by atoms with Crippen LogP contribution in [0.2, 0.25) is 5.02 Å². The third-order valence-electron chi connectivity index (χ3n) is 3.56. The smallest absolute Gasteiger partial charge is 0.352 e. The summed E-state index contributed by atoms with van der Waals surface area (Å²) in [6.45, 7) is 0.367. The molecule has 0 atom stereocenters. The van der Waals surface area contributed by atoms with Gasteiger partial charge in [-0.2, -0.15) is 13.2 Å². The maximum atomic E-state index is 12.8. The summed E-state index contributed by atoms with van der Waals surface area (Å²) in [6.07, 6.45) is -2.28. The fourth-order valence-electron chi connectivity index (χ4n) is 2.37. The molecule has 0 saturated carbocycles. The zero-order valence-corrected chi connectivity index (χ0v) is 13.6. The van der Waals surface area contributed by atoms with Crippen LogP contribution in [0.1, 0.15) is 16.8 Å². The molecule has 0 spiro atoms. The Labute approximate surface area is 146 Å². The summed E-state index contributed by atoms with van der Waals surface area (Å²) in [6, 6.07) is 10.2. The van der Waals surface area contributed by atoms with E-state index in [0.717, 1.165) is 17.8 Å². The zero-order valence-electron chi connectivity index (χ0n) is 12.8. The van der Waals surface area contributed by atoms with Crippen molar-refractivity contribution in [2.45, 2.75) is 19.1 Å². The Morgan fingerprint density at radius 2 is 1.92 bits per heavy atom. The van der Waals surface area contributed by atoms with Crippen molar-refractivity contribution in [3.63, 3.8) is 0 Å². The molecule has 0 bridgehead atoms. The quantitative estimate of drug-likeness (QED) is 0.761. The van der Waals surface area contributed by atoms with E-state index in [1.807, 2.05) is 30.3 Å². The van der Waals surface area contributed by atoms with Crippen LogP contribution in [0.4, 0.5) is 13.2 Å². The van der Waals surface area contributed by atoms with Crippen LogP contribution in [0.15, 0.2) is 48.8 Å². The van der Waals surface area contributed by atoms with E-state index in [0.29, 0.717) is 12.2 Å². The molecule has 0 saturated heterocycles. The van der Waals surface area contributed by atoms with Crippen LogP contribution in [0.3, 0.4) is 0 Å². The van der Waals surface area contributed by atoms with Crippen molar-refractivity contribution in [3.8, 4) is 0 Å². The molecule has 4 nitrogen and oxygen atoms in total. The zero-order chi connectivity index (χ0) is 18.0. The molecule has 0 aliphatic carbocycles. The number of halogens is 4. The lowest BCUT2D eigenvalue weighted by Gasteiger charge is -2.07. The van der Waals surface area contributed by atoms with Crippen molar-refractivity contribution in [3.05, 3.63) is 70.6 Å². The molecule has 0 radical (unpaired) electrons. The van der Waals surface area contributed by atoms with Gasteiger partial charge in [-0.05, 0) is 11.6 Å². The number of hydrogen-bond donors (Lipinski definition) is 1. The number of amides is 1. The fraction of sp³-hybridized carbons (Fsp3) is 0.176. The first kappa shape index (κ1) is 17.3. The second kappa shape index (κ2) is 6.76. The Bertz CT molecular complexity index is 907. The van der Waals surface area contributed by atoms with E-state index in [4.69, 9.17) is 11.6 Å². The predicted molar refractivity (Wildman–Crippen MR) is 87.2 cm³/mol. The molecule has 130 valence electrons. The van der Waals surface area contributed by atoms with Gasteiger partial charge in [-0.15, -0.1) is 0 Å². The second-order valence-electron chi connectivity index (χ2n) is 5.48. The van der Waals surface area contributed by atoms with Crippen LogP contribution >= 0.6 is 11.6 Å². The average molecular weight is 368 g/mol. The third kappa shape index (κ3) is 4.11. The van der Waals surface area contributed by atoms with E-state index in [1.165, 1.54) is 10.6 Å². The van der Waals surface area contributed by atoms with Crippen LogP contribution in [0.25, 0.3) is 5.65 Å². The van der Waals surface area contributed by atoms with E-state index >= 15 is 0 Å². The fourth-order valence-corrected chi connectivity index (χ4v) is 2.63. The van der Waals surface area contributed by atoms with Crippen molar-refractivity contribution in [2.75, 3.05) is 0 Å². The number of nitrogens with zero attached hydrogens (tertiary/aromatic N) is 2. The Kier molecular flexibility index (Phi) is 4.67. The molecule has 1 aromatic carbocycles. The van der Waals surface area contributed by atoms with Gasteiger partial charge in [0.15, 0.2) is 5.65 Å². The van der Waals surface area contributed by atoms with E-state index in [9.17, 15) is 18.0 Å². The van der Waals surface area contributed by atoms with Crippen molar-refractivity contribution in [2.24, 2.45) is 0 Å². The minimum atomic E-state index is -4.50. The summed E-state index contributed by atoms with van der Waals surface area (Å²) < 4.78 is 39.6. The number of carbonyl (C=O) groups excluding carboxylic acids is 1. The Morgan fingerprint density at radius 3 is 2.60 bits per heavy atom. The summed E-state index contributed by atoms with van der Waals surface area (Å²) in [5, 5.41) is 2.62. The van der Waals surface area contributed by atoms with Crippen LogP contribution in [-0.4, -0.2) is 15.3 Å². The van der Waals surface area contributed by atoms with E-state index in [2.05, 4.69) is 10.3 Å². The van der Waals surface area contributed by atoms with Crippen LogP contribution < -0.4 is 5.32 Å². The highest BCUT2D eigenvalue weighted by Crippen LogP contribution is 2.32. The molecular formula is C17H13ClF3N3O. The summed E-state index contributed by atoms with van der Waals surface area (Å²) >= 11 is 5.88. The number of benzene rings is 1. The molecule has 25 heavy (non-hydrogen) atoms. The lowest BCUT2D eigenvalue weighted by molar-refractivity contribution is -0.137. The molecule has 0 fully saturated rings. The van der Waals surface area contributed by atoms with Gasteiger partial charge < -0.3 is 9.72 Å². The summed E-state index contributed by atoms with van der Waals surface area (Å²) in [4.78, 5) is 16.1. The average Bonchev–Trinajstić information content (AvgIpc) is 2.96. The molecule has 0 aliphatic heterocycles. The van der Waals surface area contributed by atoms with Gasteiger partial charge in [0.2, 0.25) is 5.91 Å². The third-order valence-corrected chi connectivity index (χ3v) is 3.84. The summed E-state index contributed by atoms with van der Waals surface area (Å²) in [5.41, 5.74) is 0.596. The predicted octanol–water partition coefficient (Wildman–Crippen LogP) is 3.87. The number of rotatable bonds is 4. The minimum Gasteiger partial charge on any atom is -0.352 e. The summed E-state index contributed by atoms with van der Waals surface area (Å²) in [7, 11) is 0. The van der Waals surface area contributed by atoms with Gasteiger partial charge in [0.1, 0.15) is 0 Å². The molecule has 2 aromatic heterocycles. The van der Waals surface area contributed by atoms with E-state index in [-0.39, 0.29) is 23.0 Å². The highest BCUT2D eigenvalue weighted by atomic mass is 35.5. The Morgan fingerprint density at radius 1 is 1.20 bits per heavy atom. The Hall–Kier alpha value is -2.54. The largest absolute Gasteiger partial charge is 0.417 e. The van der Waals surface area contributed by atoms with Gasteiger partial charge in [0.25, 0.3) is 0 Å². The van der Waals surface area contributed by atoms with Crippen LogP contribution in [-0.2, 0) is 23.9 Å². The first-order valence-corrected chi connectivity index (χ1v) is 7.75. The standard InChI is InChI=1S/C17H13ClF3N3O/c18-14-6-12(17(19,20)21)9-24-10-13(23-16(14)24)7-15(25)22-8-11-4-2-1-3-5-11/h1-6,9-10H,7-8H2,(H,22,25). The lowest BCUT2D eigenvalue weighted by atomic mass is 10.2. The highest BCUT2D eigenvalue weighted by molar-refractivity contribution is 6.33. The monoisotopic (exact) mass is 367 g/mol. The molecule has 3 aromatic rings. The number of alkyl halides is 3. The molecule has 0 aliphatic rings. The van der Waals surface area contributed by atoms with Gasteiger partial charge in [0.05, 0.1) is 22.7 Å². The number of fused-ring (bicyclic) bond motifs is 1. The number of carbonyl (C=O) groups is 1. The Balaban J connectivity index is 1.73. The van der Waals surface area contributed by atoms with Crippen molar-refractivity contribution in [1.82, 2.24) is 14.7 Å². The lowest BCUT2D eigenvalue weighted by Crippen LogP contribution is -2.24. The summed E-state index contributed by atoms with van der Waals surface area (Å²) in [5.74, 6) is -0.278. The SMILES string of the molecule is O=C(Cc1cn2cc(C(F)(F)F)cc(Cl)c2n1)NCc1ccccc1. The maximum Gasteiger partial charge on any atom is 0.417 e. The van der Waals surface area contributed by atoms with Crippen molar-refractivity contribution >= 4 is 23.2 Å². The van der Waals surface area contributed by atoms with Crippen LogP contribution in [0, 0.1) is 0 Å². The molecule has 3 rings (SSSR count). The second-order valence-corrected chi connectivity index (χ2v) is 5.88. The normalized spacial score (nSPS) is 11.7. The number of imidazole rings is 1. The first-order valence-electron chi connectivity index (χ1n) is 7.38. The van der Waals surface area contributed by atoms with E-state index < -0.39 is 11.7 Å². The van der Waals surface area contributed by atoms with Gasteiger partial charge in [-0.25, -0.2) is 4.98 Å². The molecule has 1 N–H and O–H groups in total. The molecule has 0 unspecified atom stereocenters. The number of nitrogens with one attached hydrogen (secondary N) is 1. The van der Waals surface area contributed by atoms with Gasteiger partial charge in [-0.1, -0.05) is 41.9 Å². The first-order chi connectivity index (χ1) is 11.8. The van der Waals surface area contributed by atoms with Crippen molar-refractivity contribution < 1.29 is 18.0 Å². The topological polar surface area (TPSA) is 46.4 Å². The number of aromatic nitrogens is 2. The highest BCUT2D eigenvalue weighted by Gasteiger charge is 2.31. The minimum absolute atomic E-state index is 0.0494. The number of pyridine rings is 1. The van der Waals surface area contributed by atoms with Crippen LogP contribution in [0.5, 0.6) is 0 Å². The number of hydrogen-bond acceptors (Lipinski definition) is 2.